The van der Waals surface area contributed by atoms with Crippen LogP contribution in [0.5, 0.6) is 0 Å². The summed E-state index contributed by atoms with van der Waals surface area (Å²) in [7, 11) is 1.60. The van der Waals surface area contributed by atoms with Crippen LogP contribution in [0.1, 0.15) is 46.0 Å². The van der Waals surface area contributed by atoms with Gasteiger partial charge in [-0.25, -0.2) is 0 Å². The van der Waals surface area contributed by atoms with Crippen molar-refractivity contribution < 1.29 is 9.53 Å². The molecule has 0 aliphatic heterocycles. The van der Waals surface area contributed by atoms with E-state index in [-0.39, 0.29) is 5.91 Å². The molecule has 1 fully saturated rings. The van der Waals surface area contributed by atoms with E-state index < -0.39 is 11.1 Å². The molecule has 1 saturated carbocycles. The smallest absolute Gasteiger partial charge is 0.223 e. The van der Waals surface area contributed by atoms with Crippen LogP contribution in [-0.4, -0.2) is 29.1 Å². The molecule has 0 atom stereocenters. The van der Waals surface area contributed by atoms with E-state index in [0.717, 1.165) is 25.7 Å². The third kappa shape index (κ3) is 3.64. The Balaban J connectivity index is 2.63. The molecular weight excluding hydrogens is 236 g/mol. The highest BCUT2D eigenvalue weighted by molar-refractivity contribution is 7.80. The molecule has 0 radical (unpaired) electrons. The topological polar surface area (TPSA) is 64.3 Å². The summed E-state index contributed by atoms with van der Waals surface area (Å²) in [5.74, 6) is -0.0495. The van der Waals surface area contributed by atoms with Crippen LogP contribution >= 0.6 is 12.2 Å². The number of methoxy groups -OCH3 is 1. The average molecular weight is 258 g/mol. The molecule has 5 heteroatoms. The number of ether oxygens (including phenoxy) is 1. The van der Waals surface area contributed by atoms with E-state index in [1.807, 2.05) is 13.8 Å². The second kappa shape index (κ2) is 5.31. The van der Waals surface area contributed by atoms with Gasteiger partial charge in [-0.1, -0.05) is 25.1 Å². The summed E-state index contributed by atoms with van der Waals surface area (Å²) in [5, 5.41) is 3.00. The Labute approximate surface area is 108 Å². The molecule has 98 valence electrons. The third-order valence-corrected chi connectivity index (χ3v) is 3.84. The highest BCUT2D eigenvalue weighted by Crippen LogP contribution is 2.30. The molecular formula is C12H22N2O2S. The number of thiocarbonyl (C=S) groups is 1. The molecule has 0 bridgehead atoms. The molecule has 1 amide bonds. The van der Waals surface area contributed by atoms with Gasteiger partial charge in [0.25, 0.3) is 0 Å². The van der Waals surface area contributed by atoms with Gasteiger partial charge in [-0.2, -0.15) is 0 Å². The first kappa shape index (κ1) is 14.4. The van der Waals surface area contributed by atoms with Gasteiger partial charge in [0.05, 0.1) is 22.5 Å². The number of hydrogen-bond donors (Lipinski definition) is 2. The number of carbonyl (C=O) groups is 1. The summed E-state index contributed by atoms with van der Waals surface area (Å²) < 4.78 is 5.24. The Morgan fingerprint density at radius 2 is 2.00 bits per heavy atom. The lowest BCUT2D eigenvalue weighted by atomic mass is 9.96. The van der Waals surface area contributed by atoms with Crippen LogP contribution in [0.4, 0.5) is 0 Å². The molecule has 0 heterocycles. The quantitative estimate of drug-likeness (QED) is 0.734. The van der Waals surface area contributed by atoms with E-state index in [9.17, 15) is 4.79 Å². The molecule has 0 aromatic heterocycles. The second-order valence-electron chi connectivity index (χ2n) is 5.34. The zero-order valence-electron chi connectivity index (χ0n) is 10.8. The third-order valence-electron chi connectivity index (χ3n) is 3.45. The van der Waals surface area contributed by atoms with Crippen molar-refractivity contribution in [2.24, 2.45) is 5.73 Å². The van der Waals surface area contributed by atoms with Gasteiger partial charge in [0.15, 0.2) is 0 Å². The van der Waals surface area contributed by atoms with Crippen molar-refractivity contribution in [3.05, 3.63) is 0 Å². The highest BCUT2D eigenvalue weighted by atomic mass is 32.1. The molecule has 1 aliphatic rings. The number of amides is 1. The zero-order valence-corrected chi connectivity index (χ0v) is 11.7. The minimum absolute atomic E-state index is 0.0495. The molecule has 1 aliphatic carbocycles. The summed E-state index contributed by atoms with van der Waals surface area (Å²) in [6, 6.07) is 0. The molecule has 3 N–H and O–H groups in total. The molecule has 0 saturated heterocycles. The van der Waals surface area contributed by atoms with E-state index in [4.69, 9.17) is 22.7 Å². The number of carbonyl (C=O) groups excluding carboxylic acids is 1. The maximum Gasteiger partial charge on any atom is 0.223 e. The van der Waals surface area contributed by atoms with Gasteiger partial charge in [0.2, 0.25) is 5.91 Å². The molecule has 0 aromatic rings. The highest BCUT2D eigenvalue weighted by Gasteiger charge is 2.38. The maximum atomic E-state index is 12.0. The van der Waals surface area contributed by atoms with E-state index in [2.05, 4.69) is 5.32 Å². The van der Waals surface area contributed by atoms with E-state index in [0.29, 0.717) is 11.4 Å². The minimum Gasteiger partial charge on any atom is -0.391 e. The van der Waals surface area contributed by atoms with Crippen molar-refractivity contribution in [3.63, 3.8) is 0 Å². The molecule has 4 nitrogen and oxygen atoms in total. The number of hydrogen-bond acceptors (Lipinski definition) is 3. The number of rotatable bonds is 5. The van der Waals surface area contributed by atoms with Crippen LogP contribution in [0.3, 0.4) is 0 Å². The first-order chi connectivity index (χ1) is 7.81. The van der Waals surface area contributed by atoms with E-state index >= 15 is 0 Å². The average Bonchev–Trinajstić information content (AvgIpc) is 2.66. The van der Waals surface area contributed by atoms with Gasteiger partial charge in [0.1, 0.15) is 0 Å². The van der Waals surface area contributed by atoms with Gasteiger partial charge in [-0.05, 0) is 26.7 Å². The molecule has 0 spiro atoms. The lowest BCUT2D eigenvalue weighted by molar-refractivity contribution is -0.127. The number of nitrogens with two attached hydrogens (primary N) is 1. The van der Waals surface area contributed by atoms with Gasteiger partial charge in [-0.15, -0.1) is 0 Å². The second-order valence-corrected chi connectivity index (χ2v) is 5.78. The van der Waals surface area contributed by atoms with Crippen molar-refractivity contribution in [2.45, 2.75) is 57.1 Å². The predicted molar refractivity (Wildman–Crippen MR) is 71.8 cm³/mol. The van der Waals surface area contributed by atoms with Crippen molar-refractivity contribution in [1.82, 2.24) is 5.32 Å². The maximum absolute atomic E-state index is 12.0. The summed E-state index contributed by atoms with van der Waals surface area (Å²) in [6.45, 7) is 3.77. The van der Waals surface area contributed by atoms with Crippen LogP contribution < -0.4 is 11.1 Å². The van der Waals surface area contributed by atoms with Crippen LogP contribution in [0, 0.1) is 0 Å². The molecule has 0 aromatic carbocycles. The minimum atomic E-state index is -0.462. The van der Waals surface area contributed by atoms with Crippen molar-refractivity contribution in [2.75, 3.05) is 7.11 Å². The largest absolute Gasteiger partial charge is 0.391 e. The van der Waals surface area contributed by atoms with E-state index in [1.165, 1.54) is 0 Å². The fourth-order valence-corrected chi connectivity index (χ4v) is 2.44. The Kier molecular flexibility index (Phi) is 4.49. The Morgan fingerprint density at radius 3 is 2.41 bits per heavy atom. The van der Waals surface area contributed by atoms with Crippen LogP contribution in [0.2, 0.25) is 0 Å². The summed E-state index contributed by atoms with van der Waals surface area (Å²) >= 11 is 5.09. The van der Waals surface area contributed by atoms with Gasteiger partial charge in [0, 0.05) is 7.11 Å². The SMILES string of the molecule is COC(C)(C)CC(=O)NC1(C(N)=S)CCCC1. The Hall–Kier alpha value is -0.680. The predicted octanol–water partition coefficient (Wildman–Crippen LogP) is 1.52. The van der Waals surface area contributed by atoms with Crippen molar-refractivity contribution in [3.8, 4) is 0 Å². The molecule has 0 unspecified atom stereocenters. The van der Waals surface area contributed by atoms with E-state index in [1.54, 1.807) is 7.11 Å². The fraction of sp³-hybridized carbons (Fsp3) is 0.833. The summed E-state index contributed by atoms with van der Waals surface area (Å²) in [5.41, 5.74) is 4.84. The Bertz CT molecular complexity index is 310. The van der Waals surface area contributed by atoms with Crippen LogP contribution in [0.25, 0.3) is 0 Å². The van der Waals surface area contributed by atoms with Crippen LogP contribution in [-0.2, 0) is 9.53 Å². The lowest BCUT2D eigenvalue weighted by Gasteiger charge is -2.31. The van der Waals surface area contributed by atoms with Crippen molar-refractivity contribution in [1.29, 1.82) is 0 Å². The monoisotopic (exact) mass is 258 g/mol. The fourth-order valence-electron chi connectivity index (χ4n) is 2.18. The normalized spacial score (nSPS) is 19.0. The van der Waals surface area contributed by atoms with Gasteiger partial charge < -0.3 is 15.8 Å². The van der Waals surface area contributed by atoms with Crippen LogP contribution in [0.15, 0.2) is 0 Å². The van der Waals surface area contributed by atoms with Gasteiger partial charge >= 0.3 is 0 Å². The van der Waals surface area contributed by atoms with Gasteiger partial charge in [-0.3, -0.25) is 4.79 Å². The molecule has 17 heavy (non-hydrogen) atoms. The lowest BCUT2D eigenvalue weighted by Crippen LogP contribution is -2.55. The Morgan fingerprint density at radius 1 is 1.47 bits per heavy atom. The zero-order chi connectivity index (χ0) is 13.1. The van der Waals surface area contributed by atoms with Crippen molar-refractivity contribution >= 4 is 23.1 Å². The first-order valence-electron chi connectivity index (χ1n) is 5.97. The molecule has 1 rings (SSSR count). The number of nitrogens with one attached hydrogen (secondary N) is 1. The summed E-state index contributed by atoms with van der Waals surface area (Å²) in [6.07, 6.45) is 4.13. The standard InChI is InChI=1S/C12H22N2O2S/c1-11(2,16-3)8-9(15)14-12(10(13)17)6-4-5-7-12/h4-8H2,1-3H3,(H2,13,17)(H,14,15). The summed E-state index contributed by atoms with van der Waals surface area (Å²) in [4.78, 5) is 12.4. The first-order valence-corrected chi connectivity index (χ1v) is 6.38.